The van der Waals surface area contributed by atoms with Crippen molar-refractivity contribution in [3.05, 3.63) is 54.1 Å². The molecule has 1 heterocycles. The summed E-state index contributed by atoms with van der Waals surface area (Å²) < 4.78 is 11.1. The number of rotatable bonds is 8. The van der Waals surface area contributed by atoms with Gasteiger partial charge in [0, 0.05) is 11.8 Å². The van der Waals surface area contributed by atoms with Crippen molar-refractivity contribution in [3.63, 3.8) is 0 Å². The van der Waals surface area contributed by atoms with Crippen molar-refractivity contribution >= 4 is 23.5 Å². The fourth-order valence-corrected chi connectivity index (χ4v) is 3.28. The predicted molar refractivity (Wildman–Crippen MR) is 111 cm³/mol. The second-order valence-corrected chi connectivity index (χ2v) is 6.89. The maximum absolute atomic E-state index is 12.9. The van der Waals surface area contributed by atoms with E-state index >= 15 is 0 Å². The van der Waals surface area contributed by atoms with Gasteiger partial charge in [-0.05, 0) is 38.5 Å². The zero-order valence-corrected chi connectivity index (χ0v) is 17.2. The Morgan fingerprint density at radius 2 is 1.70 bits per heavy atom. The smallest absolute Gasteiger partial charge is 0.325 e. The Balaban J connectivity index is 1.71. The number of urea groups is 1. The highest BCUT2D eigenvalue weighted by atomic mass is 16.5. The van der Waals surface area contributed by atoms with E-state index in [4.69, 9.17) is 9.47 Å². The van der Waals surface area contributed by atoms with Crippen LogP contribution in [0.25, 0.3) is 0 Å². The molecule has 8 heteroatoms. The number of imide groups is 1. The lowest BCUT2D eigenvalue weighted by Crippen LogP contribution is -2.42. The maximum Gasteiger partial charge on any atom is 0.325 e. The van der Waals surface area contributed by atoms with Gasteiger partial charge in [-0.2, -0.15) is 0 Å². The molecular formula is C22H25N3O5. The third-order valence-electron chi connectivity index (χ3n) is 4.75. The number of nitrogens with one attached hydrogen (secondary N) is 2. The number of amides is 4. The Kier molecular flexibility index (Phi) is 6.25. The SMILES string of the molecule is CCOc1ccc(NC(=O)CN2C(=O)N[C@@](C)(c3ccccc3)C2=O)cc1OCC. The molecule has 1 fully saturated rings. The molecule has 30 heavy (non-hydrogen) atoms. The fourth-order valence-electron chi connectivity index (χ4n) is 3.28. The first-order valence-electron chi connectivity index (χ1n) is 9.78. The molecule has 2 aromatic rings. The molecule has 1 saturated heterocycles. The molecule has 158 valence electrons. The minimum Gasteiger partial charge on any atom is -0.490 e. The van der Waals surface area contributed by atoms with Gasteiger partial charge in [0.25, 0.3) is 5.91 Å². The monoisotopic (exact) mass is 411 g/mol. The van der Waals surface area contributed by atoms with E-state index in [1.165, 1.54) is 0 Å². The lowest BCUT2D eigenvalue weighted by Gasteiger charge is -2.22. The molecule has 1 aliphatic heterocycles. The van der Waals surface area contributed by atoms with E-state index in [1.54, 1.807) is 49.4 Å². The second-order valence-electron chi connectivity index (χ2n) is 6.89. The van der Waals surface area contributed by atoms with Crippen LogP contribution in [-0.2, 0) is 15.1 Å². The molecule has 8 nitrogen and oxygen atoms in total. The van der Waals surface area contributed by atoms with Gasteiger partial charge in [0.15, 0.2) is 11.5 Å². The van der Waals surface area contributed by atoms with E-state index in [1.807, 2.05) is 19.9 Å². The predicted octanol–water partition coefficient (Wildman–Crippen LogP) is 2.89. The van der Waals surface area contributed by atoms with Gasteiger partial charge >= 0.3 is 6.03 Å². The molecular weight excluding hydrogens is 386 g/mol. The van der Waals surface area contributed by atoms with Gasteiger partial charge in [0.05, 0.1) is 13.2 Å². The van der Waals surface area contributed by atoms with Crippen LogP contribution in [-0.4, -0.2) is 42.5 Å². The summed E-state index contributed by atoms with van der Waals surface area (Å²) in [6, 6.07) is 13.3. The van der Waals surface area contributed by atoms with E-state index < -0.39 is 29.9 Å². The number of anilines is 1. The van der Waals surface area contributed by atoms with Crippen molar-refractivity contribution in [2.75, 3.05) is 25.1 Å². The molecule has 1 aliphatic rings. The van der Waals surface area contributed by atoms with Crippen molar-refractivity contribution in [1.82, 2.24) is 10.2 Å². The average Bonchev–Trinajstić information content (AvgIpc) is 2.95. The molecule has 4 amide bonds. The summed E-state index contributed by atoms with van der Waals surface area (Å²) >= 11 is 0. The topological polar surface area (TPSA) is 97.0 Å². The first kappa shape index (κ1) is 21.2. The van der Waals surface area contributed by atoms with Gasteiger partial charge in [-0.15, -0.1) is 0 Å². The minimum atomic E-state index is -1.21. The summed E-state index contributed by atoms with van der Waals surface area (Å²) in [5, 5.41) is 5.38. The van der Waals surface area contributed by atoms with Gasteiger partial charge in [-0.3, -0.25) is 14.5 Å². The molecule has 0 spiro atoms. The maximum atomic E-state index is 12.9. The molecule has 2 N–H and O–H groups in total. The standard InChI is InChI=1S/C22H25N3O5/c1-4-29-17-12-11-16(13-18(17)30-5-2)23-19(26)14-25-20(27)22(3,24-21(25)28)15-9-7-6-8-10-15/h6-13H,4-5,14H2,1-3H3,(H,23,26)(H,24,28)/t22-/m0/s1. The normalized spacial score (nSPS) is 18.2. The lowest BCUT2D eigenvalue weighted by atomic mass is 9.92. The van der Waals surface area contributed by atoms with Crippen molar-refractivity contribution < 1.29 is 23.9 Å². The van der Waals surface area contributed by atoms with Gasteiger partial charge in [-0.1, -0.05) is 30.3 Å². The summed E-state index contributed by atoms with van der Waals surface area (Å²) in [5.74, 6) is 0.104. The summed E-state index contributed by atoms with van der Waals surface area (Å²) in [4.78, 5) is 38.7. The van der Waals surface area contributed by atoms with Crippen molar-refractivity contribution in [2.45, 2.75) is 26.3 Å². The van der Waals surface area contributed by atoms with Gasteiger partial charge in [-0.25, -0.2) is 4.79 Å². The Hall–Kier alpha value is -3.55. The van der Waals surface area contributed by atoms with Gasteiger partial charge in [0.2, 0.25) is 5.91 Å². The number of ether oxygens (including phenoxy) is 2. The largest absolute Gasteiger partial charge is 0.490 e. The van der Waals surface area contributed by atoms with E-state index in [9.17, 15) is 14.4 Å². The molecule has 3 rings (SSSR count). The Morgan fingerprint density at radius 3 is 2.37 bits per heavy atom. The highest BCUT2D eigenvalue weighted by Crippen LogP contribution is 2.31. The van der Waals surface area contributed by atoms with Gasteiger partial charge in [0.1, 0.15) is 12.1 Å². The summed E-state index contributed by atoms with van der Waals surface area (Å²) in [6.45, 7) is 5.87. The number of carbonyl (C=O) groups excluding carboxylic acids is 3. The molecule has 0 radical (unpaired) electrons. The molecule has 0 saturated carbocycles. The lowest BCUT2D eigenvalue weighted by molar-refractivity contribution is -0.133. The molecule has 2 aromatic carbocycles. The average molecular weight is 411 g/mol. The van der Waals surface area contributed by atoms with Crippen LogP contribution in [0.1, 0.15) is 26.3 Å². The van der Waals surface area contributed by atoms with E-state index in [0.717, 1.165) is 4.90 Å². The van der Waals surface area contributed by atoms with Crippen molar-refractivity contribution in [1.29, 1.82) is 0 Å². The van der Waals surface area contributed by atoms with Crippen LogP contribution >= 0.6 is 0 Å². The first-order valence-corrected chi connectivity index (χ1v) is 9.78. The molecule has 0 unspecified atom stereocenters. The minimum absolute atomic E-state index is 0.399. The number of benzene rings is 2. The van der Waals surface area contributed by atoms with E-state index in [0.29, 0.717) is 36.0 Å². The third-order valence-corrected chi connectivity index (χ3v) is 4.75. The van der Waals surface area contributed by atoms with Crippen molar-refractivity contribution in [2.24, 2.45) is 0 Å². The quantitative estimate of drug-likeness (QED) is 0.651. The van der Waals surface area contributed by atoms with E-state index in [2.05, 4.69) is 10.6 Å². The Bertz CT molecular complexity index is 947. The van der Waals surface area contributed by atoms with Crippen LogP contribution in [0.2, 0.25) is 0 Å². The van der Waals surface area contributed by atoms with E-state index in [-0.39, 0.29) is 0 Å². The van der Waals surface area contributed by atoms with Crippen LogP contribution < -0.4 is 20.1 Å². The first-order chi connectivity index (χ1) is 14.4. The summed E-state index contributed by atoms with van der Waals surface area (Å²) in [6.07, 6.45) is 0. The molecule has 0 aliphatic carbocycles. The number of hydrogen-bond acceptors (Lipinski definition) is 5. The summed E-state index contributed by atoms with van der Waals surface area (Å²) in [7, 11) is 0. The molecule has 0 aromatic heterocycles. The highest BCUT2D eigenvalue weighted by Gasteiger charge is 2.49. The Labute approximate surface area is 175 Å². The van der Waals surface area contributed by atoms with Crippen molar-refractivity contribution in [3.8, 4) is 11.5 Å². The molecule has 1 atom stereocenters. The van der Waals surface area contributed by atoms with Crippen LogP contribution in [0.4, 0.5) is 10.5 Å². The van der Waals surface area contributed by atoms with Crippen LogP contribution in [0.5, 0.6) is 11.5 Å². The van der Waals surface area contributed by atoms with Crippen LogP contribution in [0.15, 0.2) is 48.5 Å². The number of nitrogens with zero attached hydrogens (tertiary/aromatic N) is 1. The fraction of sp³-hybridized carbons (Fsp3) is 0.318. The zero-order chi connectivity index (χ0) is 21.7. The number of hydrogen-bond donors (Lipinski definition) is 2. The number of carbonyl (C=O) groups is 3. The van der Waals surface area contributed by atoms with Crippen LogP contribution in [0, 0.1) is 0 Å². The Morgan fingerprint density at radius 1 is 1.03 bits per heavy atom. The van der Waals surface area contributed by atoms with Crippen LogP contribution in [0.3, 0.4) is 0 Å². The second kappa shape index (κ2) is 8.86. The van der Waals surface area contributed by atoms with Gasteiger partial charge < -0.3 is 20.1 Å². The third kappa shape index (κ3) is 4.22. The summed E-state index contributed by atoms with van der Waals surface area (Å²) in [5.41, 5.74) is -0.0798. The highest BCUT2D eigenvalue weighted by molar-refractivity contribution is 6.10. The molecule has 0 bridgehead atoms. The zero-order valence-electron chi connectivity index (χ0n) is 17.2.